The van der Waals surface area contributed by atoms with Crippen molar-refractivity contribution in [1.29, 1.82) is 0 Å². The summed E-state index contributed by atoms with van der Waals surface area (Å²) in [7, 11) is 3.10. The van der Waals surface area contributed by atoms with Crippen molar-refractivity contribution in [3.63, 3.8) is 0 Å². The fraction of sp³-hybridized carbons (Fsp3) is 0.167. The van der Waals surface area contributed by atoms with Crippen molar-refractivity contribution in [3.8, 4) is 11.5 Å². The van der Waals surface area contributed by atoms with Gasteiger partial charge in [-0.1, -0.05) is 42.5 Å². The Bertz CT molecular complexity index is 1090. The van der Waals surface area contributed by atoms with Crippen molar-refractivity contribution in [1.82, 2.24) is 9.88 Å². The van der Waals surface area contributed by atoms with Gasteiger partial charge in [0.05, 0.1) is 14.2 Å². The summed E-state index contributed by atoms with van der Waals surface area (Å²) in [6.07, 6.45) is 3.92. The van der Waals surface area contributed by atoms with Gasteiger partial charge < -0.3 is 14.8 Å². The van der Waals surface area contributed by atoms with Crippen LogP contribution in [0.3, 0.4) is 0 Å². The molecule has 3 aromatic rings. The van der Waals surface area contributed by atoms with E-state index in [1.54, 1.807) is 56.8 Å². The van der Waals surface area contributed by atoms with Crippen molar-refractivity contribution in [2.75, 3.05) is 20.8 Å². The Balaban J connectivity index is 1.89. The van der Waals surface area contributed by atoms with E-state index in [2.05, 4.69) is 5.32 Å². The van der Waals surface area contributed by atoms with Crippen LogP contribution in [0.25, 0.3) is 11.8 Å². The lowest BCUT2D eigenvalue weighted by atomic mass is 10.1. The summed E-state index contributed by atoms with van der Waals surface area (Å²) in [5.41, 5.74) is 1.76. The van der Waals surface area contributed by atoms with Crippen LogP contribution in [-0.2, 0) is 11.2 Å². The zero-order chi connectivity index (χ0) is 21.3. The van der Waals surface area contributed by atoms with Gasteiger partial charge in [0, 0.05) is 18.8 Å². The highest BCUT2D eigenvalue weighted by molar-refractivity contribution is 6.18. The summed E-state index contributed by atoms with van der Waals surface area (Å²) in [5.74, 6) is 0.782. The molecule has 0 saturated carbocycles. The SMILES string of the molecule is COc1ccc(/C=C(\C(=O)NCCc2ccccc2)n2ccccc2=O)cc1OC. The minimum absolute atomic E-state index is 0.223. The molecule has 2 aromatic carbocycles. The molecule has 0 unspecified atom stereocenters. The number of nitrogens with one attached hydrogen (secondary N) is 1. The summed E-state index contributed by atoms with van der Waals surface area (Å²) >= 11 is 0. The van der Waals surface area contributed by atoms with E-state index in [-0.39, 0.29) is 17.2 Å². The third kappa shape index (κ3) is 5.17. The predicted molar refractivity (Wildman–Crippen MR) is 118 cm³/mol. The third-order valence-electron chi connectivity index (χ3n) is 4.57. The quantitative estimate of drug-likeness (QED) is 0.586. The molecule has 0 aliphatic carbocycles. The number of hydrogen-bond acceptors (Lipinski definition) is 4. The van der Waals surface area contributed by atoms with Crippen molar-refractivity contribution in [2.24, 2.45) is 0 Å². The maximum absolute atomic E-state index is 13.0. The number of amides is 1. The van der Waals surface area contributed by atoms with E-state index in [1.165, 1.54) is 10.6 Å². The van der Waals surface area contributed by atoms with Gasteiger partial charge in [-0.15, -0.1) is 0 Å². The van der Waals surface area contributed by atoms with Crippen LogP contribution in [0.5, 0.6) is 11.5 Å². The van der Waals surface area contributed by atoms with Crippen LogP contribution in [-0.4, -0.2) is 31.2 Å². The summed E-state index contributed by atoms with van der Waals surface area (Å²) in [5, 5.41) is 2.91. The summed E-state index contributed by atoms with van der Waals surface area (Å²) in [6, 6.07) is 20.0. The standard InChI is InChI=1S/C24H24N2O4/c1-29-21-12-11-19(17-22(21)30-2)16-20(26-15-7-6-10-23(26)27)24(28)25-14-13-18-8-4-3-5-9-18/h3-12,15-17H,13-14H2,1-2H3,(H,25,28)/b20-16+. The zero-order valence-corrected chi connectivity index (χ0v) is 17.0. The molecule has 0 saturated heterocycles. The fourth-order valence-corrected chi connectivity index (χ4v) is 3.03. The minimum atomic E-state index is -0.339. The van der Waals surface area contributed by atoms with Crippen LogP contribution in [0, 0.1) is 0 Å². The first-order valence-electron chi connectivity index (χ1n) is 9.56. The van der Waals surface area contributed by atoms with Gasteiger partial charge in [0.25, 0.3) is 11.5 Å². The van der Waals surface area contributed by atoms with Gasteiger partial charge in [-0.2, -0.15) is 0 Å². The first kappa shape index (κ1) is 20.9. The van der Waals surface area contributed by atoms with E-state index >= 15 is 0 Å². The molecule has 0 bridgehead atoms. The lowest BCUT2D eigenvalue weighted by molar-refractivity contribution is -0.115. The monoisotopic (exact) mass is 404 g/mol. The third-order valence-corrected chi connectivity index (χ3v) is 4.57. The molecule has 1 aromatic heterocycles. The number of benzene rings is 2. The predicted octanol–water partition coefficient (Wildman–Crippen LogP) is 3.22. The number of aromatic nitrogens is 1. The molecule has 6 nitrogen and oxygen atoms in total. The number of pyridine rings is 1. The van der Waals surface area contributed by atoms with Crippen LogP contribution in [0.2, 0.25) is 0 Å². The number of nitrogens with zero attached hydrogens (tertiary/aromatic N) is 1. The number of methoxy groups -OCH3 is 2. The maximum Gasteiger partial charge on any atom is 0.268 e. The van der Waals surface area contributed by atoms with Gasteiger partial charge in [-0.25, -0.2) is 0 Å². The number of hydrogen-bond donors (Lipinski definition) is 1. The second-order valence-electron chi connectivity index (χ2n) is 6.54. The van der Waals surface area contributed by atoms with Crippen LogP contribution in [0.4, 0.5) is 0 Å². The van der Waals surface area contributed by atoms with E-state index in [4.69, 9.17) is 9.47 Å². The molecule has 1 amide bonds. The summed E-state index contributed by atoms with van der Waals surface area (Å²) in [6.45, 7) is 0.452. The minimum Gasteiger partial charge on any atom is -0.493 e. The van der Waals surface area contributed by atoms with Crippen LogP contribution < -0.4 is 20.3 Å². The van der Waals surface area contributed by atoms with Crippen molar-refractivity contribution < 1.29 is 14.3 Å². The van der Waals surface area contributed by atoms with Gasteiger partial charge in [0.2, 0.25) is 0 Å². The molecule has 0 radical (unpaired) electrons. The Morgan fingerprint density at radius 2 is 1.70 bits per heavy atom. The van der Waals surface area contributed by atoms with E-state index in [9.17, 15) is 9.59 Å². The lowest BCUT2D eigenvalue weighted by Crippen LogP contribution is -2.31. The Morgan fingerprint density at radius 1 is 0.967 bits per heavy atom. The molecule has 3 rings (SSSR count). The second kappa shape index (κ2) is 10.1. The first-order valence-corrected chi connectivity index (χ1v) is 9.56. The van der Waals surface area contributed by atoms with E-state index in [0.29, 0.717) is 30.0 Å². The zero-order valence-electron chi connectivity index (χ0n) is 17.0. The van der Waals surface area contributed by atoms with Gasteiger partial charge in [-0.05, 0) is 41.8 Å². The molecule has 154 valence electrons. The maximum atomic E-state index is 13.0. The Hall–Kier alpha value is -3.80. The number of rotatable bonds is 8. The lowest BCUT2D eigenvalue weighted by Gasteiger charge is -2.13. The van der Waals surface area contributed by atoms with Crippen molar-refractivity contribution in [3.05, 3.63) is 94.4 Å². The molecule has 0 fully saturated rings. The average Bonchev–Trinajstić information content (AvgIpc) is 2.78. The molecular formula is C24H24N2O4. The highest BCUT2D eigenvalue weighted by atomic mass is 16.5. The normalized spacial score (nSPS) is 11.1. The van der Waals surface area contributed by atoms with Crippen molar-refractivity contribution >= 4 is 17.7 Å². The van der Waals surface area contributed by atoms with E-state index in [0.717, 1.165) is 5.56 Å². The summed E-state index contributed by atoms with van der Waals surface area (Å²) < 4.78 is 11.9. The molecule has 1 heterocycles. The van der Waals surface area contributed by atoms with Gasteiger partial charge in [-0.3, -0.25) is 14.2 Å². The van der Waals surface area contributed by atoms with Crippen LogP contribution in [0.1, 0.15) is 11.1 Å². The Kier molecular flexibility index (Phi) is 7.05. The highest BCUT2D eigenvalue weighted by Crippen LogP contribution is 2.28. The highest BCUT2D eigenvalue weighted by Gasteiger charge is 2.14. The number of ether oxygens (including phenoxy) is 2. The number of carbonyl (C=O) groups excluding carboxylic acids is 1. The fourth-order valence-electron chi connectivity index (χ4n) is 3.03. The molecule has 30 heavy (non-hydrogen) atoms. The van der Waals surface area contributed by atoms with Crippen LogP contribution >= 0.6 is 0 Å². The molecule has 0 aliphatic rings. The van der Waals surface area contributed by atoms with Gasteiger partial charge >= 0.3 is 0 Å². The van der Waals surface area contributed by atoms with Crippen LogP contribution in [0.15, 0.2) is 77.7 Å². The molecule has 1 N–H and O–H groups in total. The first-order chi connectivity index (χ1) is 14.6. The molecule has 0 atom stereocenters. The largest absolute Gasteiger partial charge is 0.493 e. The Morgan fingerprint density at radius 3 is 2.40 bits per heavy atom. The summed E-state index contributed by atoms with van der Waals surface area (Å²) in [4.78, 5) is 25.3. The van der Waals surface area contributed by atoms with Crippen molar-refractivity contribution in [2.45, 2.75) is 6.42 Å². The Labute approximate surface area is 175 Å². The van der Waals surface area contributed by atoms with Gasteiger partial charge in [0.1, 0.15) is 5.70 Å². The topological polar surface area (TPSA) is 69.6 Å². The molecular weight excluding hydrogens is 380 g/mol. The van der Waals surface area contributed by atoms with E-state index in [1.807, 2.05) is 30.3 Å². The number of carbonyl (C=O) groups is 1. The van der Waals surface area contributed by atoms with Gasteiger partial charge in [0.15, 0.2) is 11.5 Å². The molecule has 0 spiro atoms. The smallest absolute Gasteiger partial charge is 0.268 e. The molecule has 6 heteroatoms. The second-order valence-corrected chi connectivity index (χ2v) is 6.54. The van der Waals surface area contributed by atoms with E-state index < -0.39 is 0 Å². The average molecular weight is 404 g/mol. The molecule has 0 aliphatic heterocycles.